The summed E-state index contributed by atoms with van der Waals surface area (Å²) < 4.78 is 13.5. The van der Waals surface area contributed by atoms with Gasteiger partial charge in [0.25, 0.3) is 0 Å². The second-order valence-corrected chi connectivity index (χ2v) is 5.32. The molecule has 17 heavy (non-hydrogen) atoms. The van der Waals surface area contributed by atoms with Crippen molar-refractivity contribution in [3.63, 3.8) is 0 Å². The normalized spacial score (nSPS) is 18.1. The maximum Gasteiger partial charge on any atom is 0.127 e. The first-order chi connectivity index (χ1) is 8.15. The summed E-state index contributed by atoms with van der Waals surface area (Å²) in [5, 5.41) is 0. The highest BCUT2D eigenvalue weighted by Crippen LogP contribution is 2.40. The minimum absolute atomic E-state index is 0.116. The number of rotatable bonds is 5. The van der Waals surface area contributed by atoms with Crippen molar-refractivity contribution in [1.82, 2.24) is 4.90 Å². The Hall–Kier alpha value is -0.930. The standard InChI is InChI=1S/C14H21FN2/c1-17(11-14(10-16)7-4-8-14)9-12-5-2-3-6-13(12)15/h2-3,5-6H,4,7-11,16H2,1H3. The summed E-state index contributed by atoms with van der Waals surface area (Å²) in [6, 6.07) is 6.98. The molecule has 0 aliphatic heterocycles. The lowest BCUT2D eigenvalue weighted by Crippen LogP contribution is -2.45. The average Bonchev–Trinajstić information content (AvgIpc) is 2.27. The molecule has 0 unspecified atom stereocenters. The van der Waals surface area contributed by atoms with Crippen molar-refractivity contribution in [2.45, 2.75) is 25.8 Å². The molecule has 2 rings (SSSR count). The molecular weight excluding hydrogens is 215 g/mol. The first kappa shape index (κ1) is 12.5. The van der Waals surface area contributed by atoms with Crippen LogP contribution in [0.2, 0.25) is 0 Å². The number of hydrogen-bond donors (Lipinski definition) is 1. The zero-order chi connectivity index (χ0) is 12.3. The highest BCUT2D eigenvalue weighted by molar-refractivity contribution is 5.17. The molecule has 0 spiro atoms. The van der Waals surface area contributed by atoms with Crippen molar-refractivity contribution in [2.75, 3.05) is 20.1 Å². The zero-order valence-corrected chi connectivity index (χ0v) is 10.5. The molecule has 0 bridgehead atoms. The Morgan fingerprint density at radius 2 is 2.06 bits per heavy atom. The minimum Gasteiger partial charge on any atom is -0.330 e. The van der Waals surface area contributed by atoms with Gasteiger partial charge in [0.1, 0.15) is 5.82 Å². The van der Waals surface area contributed by atoms with Crippen molar-refractivity contribution >= 4 is 0 Å². The summed E-state index contributed by atoms with van der Waals surface area (Å²) >= 11 is 0. The highest BCUT2D eigenvalue weighted by atomic mass is 19.1. The monoisotopic (exact) mass is 236 g/mol. The Morgan fingerprint density at radius 3 is 2.59 bits per heavy atom. The van der Waals surface area contributed by atoms with Gasteiger partial charge >= 0.3 is 0 Å². The maximum atomic E-state index is 13.5. The van der Waals surface area contributed by atoms with Gasteiger partial charge in [-0.1, -0.05) is 24.6 Å². The van der Waals surface area contributed by atoms with Crippen LogP contribution in [0.4, 0.5) is 4.39 Å². The molecule has 1 fully saturated rings. The van der Waals surface area contributed by atoms with Crippen LogP contribution in [0.25, 0.3) is 0 Å². The summed E-state index contributed by atoms with van der Waals surface area (Å²) in [5.41, 5.74) is 6.90. The molecule has 0 radical (unpaired) electrons. The molecule has 0 atom stereocenters. The molecule has 1 aromatic rings. The van der Waals surface area contributed by atoms with E-state index in [4.69, 9.17) is 5.73 Å². The highest BCUT2D eigenvalue weighted by Gasteiger charge is 2.36. The van der Waals surface area contributed by atoms with Gasteiger partial charge in [0, 0.05) is 18.7 Å². The zero-order valence-electron chi connectivity index (χ0n) is 10.5. The van der Waals surface area contributed by atoms with Crippen LogP contribution in [-0.4, -0.2) is 25.0 Å². The first-order valence-electron chi connectivity index (χ1n) is 6.27. The van der Waals surface area contributed by atoms with E-state index in [1.165, 1.54) is 25.3 Å². The van der Waals surface area contributed by atoms with Crippen molar-refractivity contribution in [1.29, 1.82) is 0 Å². The van der Waals surface area contributed by atoms with E-state index >= 15 is 0 Å². The van der Waals surface area contributed by atoms with Crippen LogP contribution in [0.1, 0.15) is 24.8 Å². The quantitative estimate of drug-likeness (QED) is 0.850. The van der Waals surface area contributed by atoms with Crippen LogP contribution in [0.5, 0.6) is 0 Å². The molecular formula is C14H21FN2. The number of hydrogen-bond acceptors (Lipinski definition) is 2. The fourth-order valence-corrected chi connectivity index (χ4v) is 2.65. The van der Waals surface area contributed by atoms with E-state index in [2.05, 4.69) is 4.90 Å². The lowest BCUT2D eigenvalue weighted by Gasteiger charge is -2.43. The van der Waals surface area contributed by atoms with E-state index in [0.717, 1.165) is 18.7 Å². The molecule has 1 aromatic carbocycles. The SMILES string of the molecule is CN(Cc1ccccc1F)CC1(CN)CCC1. The van der Waals surface area contributed by atoms with Crippen LogP contribution in [0.3, 0.4) is 0 Å². The molecule has 2 nitrogen and oxygen atoms in total. The Morgan fingerprint density at radius 1 is 1.35 bits per heavy atom. The van der Waals surface area contributed by atoms with Crippen LogP contribution in [0.15, 0.2) is 24.3 Å². The molecule has 94 valence electrons. The first-order valence-corrected chi connectivity index (χ1v) is 6.27. The van der Waals surface area contributed by atoms with Crippen molar-refractivity contribution in [2.24, 2.45) is 11.1 Å². The number of benzene rings is 1. The van der Waals surface area contributed by atoms with Gasteiger partial charge in [-0.15, -0.1) is 0 Å². The van der Waals surface area contributed by atoms with Crippen LogP contribution in [0, 0.1) is 11.2 Å². The average molecular weight is 236 g/mol. The van der Waals surface area contributed by atoms with Gasteiger partial charge in [-0.3, -0.25) is 0 Å². The van der Waals surface area contributed by atoms with Gasteiger partial charge in [-0.05, 0) is 37.9 Å². The largest absolute Gasteiger partial charge is 0.330 e. The third kappa shape index (κ3) is 2.85. The van der Waals surface area contributed by atoms with E-state index < -0.39 is 0 Å². The molecule has 0 aromatic heterocycles. The molecule has 2 N–H and O–H groups in total. The Balaban J connectivity index is 1.93. The van der Waals surface area contributed by atoms with E-state index in [-0.39, 0.29) is 5.82 Å². The predicted molar refractivity (Wildman–Crippen MR) is 68.1 cm³/mol. The Labute approximate surface area is 103 Å². The second kappa shape index (κ2) is 5.15. The predicted octanol–water partition coefficient (Wildman–Crippen LogP) is 2.39. The van der Waals surface area contributed by atoms with E-state index in [9.17, 15) is 4.39 Å². The molecule has 0 saturated heterocycles. The number of halogens is 1. The van der Waals surface area contributed by atoms with Crippen molar-refractivity contribution in [3.8, 4) is 0 Å². The summed E-state index contributed by atoms with van der Waals surface area (Å²) in [4.78, 5) is 2.18. The summed E-state index contributed by atoms with van der Waals surface area (Å²) in [6.07, 6.45) is 3.71. The Kier molecular flexibility index (Phi) is 3.79. The maximum absolute atomic E-state index is 13.5. The van der Waals surface area contributed by atoms with E-state index in [1.807, 2.05) is 19.2 Å². The van der Waals surface area contributed by atoms with Gasteiger partial charge in [0.05, 0.1) is 0 Å². The summed E-state index contributed by atoms with van der Waals surface area (Å²) in [7, 11) is 2.04. The molecule has 0 heterocycles. The van der Waals surface area contributed by atoms with Gasteiger partial charge in [-0.25, -0.2) is 4.39 Å². The third-order valence-electron chi connectivity index (χ3n) is 3.85. The minimum atomic E-state index is -0.116. The lowest BCUT2D eigenvalue weighted by atomic mass is 9.68. The smallest absolute Gasteiger partial charge is 0.127 e. The molecule has 1 aliphatic rings. The lowest BCUT2D eigenvalue weighted by molar-refractivity contribution is 0.0840. The second-order valence-electron chi connectivity index (χ2n) is 5.32. The van der Waals surface area contributed by atoms with E-state index in [0.29, 0.717) is 12.0 Å². The van der Waals surface area contributed by atoms with Crippen LogP contribution >= 0.6 is 0 Å². The fraction of sp³-hybridized carbons (Fsp3) is 0.571. The molecule has 1 aliphatic carbocycles. The third-order valence-corrected chi connectivity index (χ3v) is 3.85. The topological polar surface area (TPSA) is 29.3 Å². The van der Waals surface area contributed by atoms with Gasteiger partial charge < -0.3 is 10.6 Å². The Bertz CT molecular complexity index is 369. The van der Waals surface area contributed by atoms with Crippen molar-refractivity contribution in [3.05, 3.63) is 35.6 Å². The number of nitrogens with two attached hydrogens (primary N) is 1. The van der Waals surface area contributed by atoms with E-state index in [1.54, 1.807) is 6.07 Å². The van der Waals surface area contributed by atoms with Gasteiger partial charge in [0.2, 0.25) is 0 Å². The van der Waals surface area contributed by atoms with Gasteiger partial charge in [0.15, 0.2) is 0 Å². The fourth-order valence-electron chi connectivity index (χ4n) is 2.65. The summed E-state index contributed by atoms with van der Waals surface area (Å²) in [5.74, 6) is -0.116. The van der Waals surface area contributed by atoms with Crippen molar-refractivity contribution < 1.29 is 4.39 Å². The number of nitrogens with zero attached hydrogens (tertiary/aromatic N) is 1. The summed E-state index contributed by atoms with van der Waals surface area (Å²) in [6.45, 7) is 2.38. The van der Waals surface area contributed by atoms with Crippen LogP contribution < -0.4 is 5.73 Å². The molecule has 3 heteroatoms. The van der Waals surface area contributed by atoms with Crippen LogP contribution in [-0.2, 0) is 6.54 Å². The van der Waals surface area contributed by atoms with Gasteiger partial charge in [-0.2, -0.15) is 0 Å². The molecule has 1 saturated carbocycles. The molecule has 0 amide bonds.